The summed E-state index contributed by atoms with van der Waals surface area (Å²) in [6.07, 6.45) is 1.48. The lowest BCUT2D eigenvalue weighted by Gasteiger charge is -2.06. The van der Waals surface area contributed by atoms with E-state index < -0.39 is 0 Å². The fourth-order valence-corrected chi connectivity index (χ4v) is 6.69. The maximum Gasteiger partial charge on any atom is 0.305 e. The quantitative estimate of drug-likeness (QED) is 0.206. The predicted octanol–water partition coefficient (Wildman–Crippen LogP) is 6.84. The second-order valence-corrected chi connectivity index (χ2v) is 12.3. The Kier molecular flexibility index (Phi) is 7.65. The van der Waals surface area contributed by atoms with Gasteiger partial charge in [-0.1, -0.05) is 0 Å². The first-order valence-electron chi connectivity index (χ1n) is 15.7. The first-order valence-corrected chi connectivity index (χ1v) is 15.7. The zero-order valence-corrected chi connectivity index (χ0v) is 27.1. The van der Waals surface area contributed by atoms with Gasteiger partial charge < -0.3 is 28.9 Å². The summed E-state index contributed by atoms with van der Waals surface area (Å²) in [6, 6.07) is 8.31. The number of fused-ring (bicyclic) bond motifs is 8. The van der Waals surface area contributed by atoms with Gasteiger partial charge in [0.25, 0.3) is 0 Å². The molecule has 2 atom stereocenters. The number of carbonyl (C=O) groups is 2. The molecule has 0 aromatic carbocycles. The lowest BCUT2D eigenvalue weighted by Crippen LogP contribution is -2.01. The van der Waals surface area contributed by atoms with Crippen molar-refractivity contribution in [3.8, 4) is 0 Å². The lowest BCUT2D eigenvalue weighted by atomic mass is 9.98. The number of carbonyl (C=O) groups excluding carboxylic acids is 2. The molecule has 2 unspecified atom stereocenters. The highest BCUT2D eigenvalue weighted by molar-refractivity contribution is 5.96. The van der Waals surface area contributed by atoms with Crippen LogP contribution in [0, 0.1) is 13.8 Å². The first kappa shape index (κ1) is 30.1. The van der Waals surface area contributed by atoms with Gasteiger partial charge in [-0.3, -0.25) is 9.59 Å². The molecule has 3 aromatic rings. The van der Waals surface area contributed by atoms with Crippen LogP contribution in [0.5, 0.6) is 0 Å². The van der Waals surface area contributed by atoms with Crippen LogP contribution in [0.3, 0.4) is 0 Å². The molecule has 4 aliphatic heterocycles. The summed E-state index contributed by atoms with van der Waals surface area (Å²) in [6.45, 7) is 9.69. The van der Waals surface area contributed by atoms with E-state index in [0.717, 1.165) is 89.4 Å². The van der Waals surface area contributed by atoms with Gasteiger partial charge in [-0.25, -0.2) is 9.97 Å². The molecule has 2 fully saturated rings. The third-order valence-corrected chi connectivity index (χ3v) is 9.56. The number of esters is 2. The molecule has 46 heavy (non-hydrogen) atoms. The van der Waals surface area contributed by atoms with Gasteiger partial charge in [-0.15, -0.1) is 0 Å². The van der Waals surface area contributed by atoms with Gasteiger partial charge in [0.2, 0.25) is 0 Å². The number of aromatic amines is 2. The summed E-state index contributed by atoms with van der Waals surface area (Å²) >= 11 is 0. The van der Waals surface area contributed by atoms with Crippen molar-refractivity contribution in [2.45, 2.75) is 65.6 Å². The van der Waals surface area contributed by atoms with Gasteiger partial charge in [-0.05, 0) is 98.2 Å². The molecule has 0 radical (unpaired) electrons. The molecule has 0 aliphatic carbocycles. The number of ether oxygens (including phenoxy) is 4. The number of aryl methyl sites for hydroxylation is 2. The molecular formula is C36H38N4O6. The molecule has 2 saturated heterocycles. The zero-order chi connectivity index (χ0) is 32.3. The van der Waals surface area contributed by atoms with Crippen LogP contribution < -0.4 is 0 Å². The normalized spacial score (nSPS) is 18.7. The van der Waals surface area contributed by atoms with Crippen molar-refractivity contribution in [1.82, 2.24) is 19.9 Å². The Morgan fingerprint density at radius 1 is 0.674 bits per heavy atom. The second kappa shape index (κ2) is 11.7. The molecule has 7 rings (SSSR count). The van der Waals surface area contributed by atoms with E-state index in [1.165, 1.54) is 14.2 Å². The average molecular weight is 623 g/mol. The maximum atomic E-state index is 12.2. The molecule has 10 heteroatoms. The minimum absolute atomic E-state index is 0.0271. The number of methoxy groups -OCH3 is 2. The fraction of sp³-hybridized carbons (Fsp3) is 0.389. The highest BCUT2D eigenvalue weighted by Crippen LogP contribution is 2.42. The van der Waals surface area contributed by atoms with Gasteiger partial charge in [0.15, 0.2) is 0 Å². The number of nitrogens with zero attached hydrogens (tertiary/aromatic N) is 2. The summed E-state index contributed by atoms with van der Waals surface area (Å²) in [5.41, 5.74) is 15.4. The molecule has 4 aliphatic rings. The van der Waals surface area contributed by atoms with Crippen molar-refractivity contribution in [1.29, 1.82) is 0 Å². The fourth-order valence-electron chi connectivity index (χ4n) is 6.69. The Hall–Kier alpha value is -4.54. The predicted molar refractivity (Wildman–Crippen MR) is 175 cm³/mol. The second-order valence-electron chi connectivity index (χ2n) is 12.3. The Morgan fingerprint density at radius 2 is 1.09 bits per heavy atom. The van der Waals surface area contributed by atoms with Crippen molar-refractivity contribution < 1.29 is 28.5 Å². The molecule has 10 nitrogen and oxygen atoms in total. The van der Waals surface area contributed by atoms with Crippen molar-refractivity contribution >= 4 is 56.3 Å². The van der Waals surface area contributed by atoms with Crippen LogP contribution in [-0.2, 0) is 28.5 Å². The molecule has 0 saturated carbocycles. The standard InChI is InChI=1S/C36H38N4O6/c1-17-21(7-9-33(41)43-5)27-14-28-22(8-10-34(42)44-6)18(2)24(38-28)12-29-36(32-16-46-32)20(4)26(40-29)13-30-35(31-15-45-31)19(3)25(39-30)11-23(17)37-27/h11-14,31-32,39-40H,7-10,15-16H2,1-6H3. The smallest absolute Gasteiger partial charge is 0.305 e. The number of epoxide rings is 2. The summed E-state index contributed by atoms with van der Waals surface area (Å²) in [5, 5.41) is 0. The third kappa shape index (κ3) is 5.45. The van der Waals surface area contributed by atoms with Gasteiger partial charge in [0.1, 0.15) is 12.2 Å². The SMILES string of the molecule is COC(=O)CCC1=C(C)c2cc3[nH]c(cc4[nH]c(cc5nc(cc1n2)C(CCC(=O)OC)=C5C)c(C1CO1)c4C)c(C1CO1)c3C. The molecule has 8 bridgehead atoms. The van der Waals surface area contributed by atoms with Crippen LogP contribution in [0.25, 0.3) is 44.4 Å². The van der Waals surface area contributed by atoms with Crippen LogP contribution >= 0.6 is 0 Å². The minimum atomic E-state index is -0.279. The average Bonchev–Trinajstić information content (AvgIpc) is 3.95. The summed E-state index contributed by atoms with van der Waals surface area (Å²) in [5.74, 6) is -0.558. The van der Waals surface area contributed by atoms with E-state index in [-0.39, 0.29) is 37.0 Å². The Morgan fingerprint density at radius 3 is 1.52 bits per heavy atom. The minimum Gasteiger partial charge on any atom is -0.469 e. The van der Waals surface area contributed by atoms with E-state index in [1.54, 1.807) is 0 Å². The van der Waals surface area contributed by atoms with Crippen LogP contribution in [0.1, 0.15) is 96.8 Å². The summed E-state index contributed by atoms with van der Waals surface area (Å²) < 4.78 is 21.5. The van der Waals surface area contributed by atoms with E-state index >= 15 is 0 Å². The number of allylic oxidation sites excluding steroid dienone is 4. The van der Waals surface area contributed by atoms with E-state index in [0.29, 0.717) is 26.1 Å². The van der Waals surface area contributed by atoms with Gasteiger partial charge in [-0.2, -0.15) is 0 Å². The van der Waals surface area contributed by atoms with Crippen LogP contribution in [0.15, 0.2) is 24.3 Å². The number of H-pyrrole nitrogens is 2. The van der Waals surface area contributed by atoms with Crippen LogP contribution in [0.4, 0.5) is 0 Å². The molecule has 238 valence electrons. The van der Waals surface area contributed by atoms with Crippen molar-refractivity contribution in [3.63, 3.8) is 0 Å². The molecule has 0 spiro atoms. The van der Waals surface area contributed by atoms with E-state index in [9.17, 15) is 9.59 Å². The first-order chi connectivity index (χ1) is 22.2. The molecule has 2 N–H and O–H groups in total. The Labute approximate surface area is 266 Å². The lowest BCUT2D eigenvalue weighted by molar-refractivity contribution is -0.141. The van der Waals surface area contributed by atoms with E-state index in [4.69, 9.17) is 28.9 Å². The largest absolute Gasteiger partial charge is 0.469 e. The highest BCUT2D eigenvalue weighted by Gasteiger charge is 2.32. The Bertz CT molecular complexity index is 2020. The van der Waals surface area contributed by atoms with Crippen LogP contribution in [0.2, 0.25) is 0 Å². The van der Waals surface area contributed by atoms with Gasteiger partial charge >= 0.3 is 11.9 Å². The molecule has 0 amide bonds. The summed E-state index contributed by atoms with van der Waals surface area (Å²) in [4.78, 5) is 42.0. The van der Waals surface area contributed by atoms with Crippen molar-refractivity contribution in [2.24, 2.45) is 0 Å². The monoisotopic (exact) mass is 622 g/mol. The third-order valence-electron chi connectivity index (χ3n) is 9.56. The number of hydrogen-bond donors (Lipinski definition) is 2. The zero-order valence-electron chi connectivity index (χ0n) is 27.1. The van der Waals surface area contributed by atoms with Crippen molar-refractivity contribution in [2.75, 3.05) is 27.4 Å². The molecule has 7 heterocycles. The Balaban J connectivity index is 1.54. The topological polar surface area (TPSA) is 135 Å². The van der Waals surface area contributed by atoms with E-state index in [1.807, 2.05) is 19.9 Å². The van der Waals surface area contributed by atoms with Gasteiger partial charge in [0.05, 0.1) is 50.2 Å². The number of hydrogen-bond acceptors (Lipinski definition) is 8. The summed E-state index contributed by atoms with van der Waals surface area (Å²) in [7, 11) is 2.80. The van der Waals surface area contributed by atoms with Crippen LogP contribution in [-0.4, -0.2) is 59.3 Å². The number of rotatable bonds is 8. The highest BCUT2D eigenvalue weighted by atomic mass is 16.6. The number of aromatic nitrogens is 4. The van der Waals surface area contributed by atoms with Crippen molar-refractivity contribution in [3.05, 3.63) is 69.3 Å². The molecular weight excluding hydrogens is 584 g/mol. The van der Waals surface area contributed by atoms with E-state index in [2.05, 4.69) is 42.0 Å². The number of nitrogens with one attached hydrogen (secondary N) is 2. The maximum absolute atomic E-state index is 12.2. The molecule has 3 aromatic heterocycles. The van der Waals surface area contributed by atoms with Gasteiger partial charge in [0, 0.05) is 46.0 Å².